The van der Waals surface area contributed by atoms with Crippen molar-refractivity contribution in [2.24, 2.45) is 0 Å². The molecule has 0 fully saturated rings. The third-order valence-corrected chi connectivity index (χ3v) is 4.91. The van der Waals surface area contributed by atoms with Gasteiger partial charge in [-0.05, 0) is 40.0 Å². The average Bonchev–Trinajstić information content (AvgIpc) is 2.82. The fourth-order valence-electron chi connectivity index (χ4n) is 1.56. The van der Waals surface area contributed by atoms with Crippen LogP contribution in [0.1, 0.15) is 22.4 Å². The van der Waals surface area contributed by atoms with Gasteiger partial charge in [-0.15, -0.1) is 11.3 Å². The van der Waals surface area contributed by atoms with Crippen molar-refractivity contribution >= 4 is 38.9 Å². The van der Waals surface area contributed by atoms with Crippen molar-refractivity contribution in [3.8, 4) is 0 Å². The number of benzene rings is 1. The van der Waals surface area contributed by atoms with E-state index in [2.05, 4.69) is 39.2 Å². The molecule has 1 heterocycles. The van der Waals surface area contributed by atoms with Crippen LogP contribution in [0.15, 0.2) is 28.9 Å². The van der Waals surface area contributed by atoms with Gasteiger partial charge in [-0.1, -0.05) is 24.6 Å². The molecule has 0 aliphatic carbocycles. The van der Waals surface area contributed by atoms with E-state index >= 15 is 0 Å². The number of halogens is 2. The average molecular weight is 346 g/mol. The van der Waals surface area contributed by atoms with Crippen LogP contribution in [-0.4, -0.2) is 4.98 Å². The first-order valence-electron chi connectivity index (χ1n) is 5.77. The lowest BCUT2D eigenvalue weighted by Gasteiger charge is -2.04. The quantitative estimate of drug-likeness (QED) is 0.868. The summed E-state index contributed by atoms with van der Waals surface area (Å²) in [5.74, 6) is 0. The van der Waals surface area contributed by atoms with Gasteiger partial charge in [0, 0.05) is 28.6 Å². The highest BCUT2D eigenvalue weighted by atomic mass is 79.9. The number of hydrogen-bond acceptors (Lipinski definition) is 3. The van der Waals surface area contributed by atoms with E-state index in [0.29, 0.717) is 0 Å². The van der Waals surface area contributed by atoms with Gasteiger partial charge in [0.25, 0.3) is 0 Å². The number of rotatable bonds is 5. The predicted molar refractivity (Wildman–Crippen MR) is 81.2 cm³/mol. The van der Waals surface area contributed by atoms with Gasteiger partial charge in [-0.2, -0.15) is 0 Å². The first-order valence-corrected chi connectivity index (χ1v) is 7.76. The third-order valence-electron chi connectivity index (χ3n) is 2.54. The molecular formula is C13H14BrClN2S. The molecule has 2 rings (SSSR count). The van der Waals surface area contributed by atoms with Crippen LogP contribution in [0.3, 0.4) is 0 Å². The van der Waals surface area contributed by atoms with Crippen LogP contribution < -0.4 is 5.32 Å². The topological polar surface area (TPSA) is 24.9 Å². The van der Waals surface area contributed by atoms with E-state index in [0.717, 1.165) is 34.0 Å². The molecule has 0 spiro atoms. The predicted octanol–water partition coefficient (Wildman–Crippen LogP) is 4.41. The normalized spacial score (nSPS) is 10.8. The highest BCUT2D eigenvalue weighted by molar-refractivity contribution is 9.10. The Bertz CT molecular complexity index is 527. The molecule has 0 saturated carbocycles. The van der Waals surface area contributed by atoms with Crippen molar-refractivity contribution in [1.82, 2.24) is 10.3 Å². The van der Waals surface area contributed by atoms with E-state index in [-0.39, 0.29) is 0 Å². The summed E-state index contributed by atoms with van der Waals surface area (Å²) in [5.41, 5.74) is 1.18. The van der Waals surface area contributed by atoms with E-state index in [1.807, 2.05) is 18.3 Å². The lowest BCUT2D eigenvalue weighted by Crippen LogP contribution is -2.12. The lowest BCUT2D eigenvalue weighted by molar-refractivity contribution is 0.690. The molecule has 96 valence electrons. The SMILES string of the molecule is CCc1cnc(CNCc2ccc(Br)c(Cl)c2)s1. The van der Waals surface area contributed by atoms with E-state index in [4.69, 9.17) is 11.6 Å². The van der Waals surface area contributed by atoms with Crippen molar-refractivity contribution < 1.29 is 0 Å². The minimum atomic E-state index is 0.747. The summed E-state index contributed by atoms with van der Waals surface area (Å²) in [5, 5.41) is 5.26. The summed E-state index contributed by atoms with van der Waals surface area (Å²) in [6.07, 6.45) is 3.01. The first kappa shape index (κ1) is 14.0. The smallest absolute Gasteiger partial charge is 0.107 e. The summed E-state index contributed by atoms with van der Waals surface area (Å²) in [6.45, 7) is 3.75. The Labute approximate surface area is 125 Å². The van der Waals surface area contributed by atoms with E-state index < -0.39 is 0 Å². The molecule has 5 heteroatoms. The molecular weight excluding hydrogens is 332 g/mol. The summed E-state index contributed by atoms with van der Waals surface area (Å²) in [6, 6.07) is 6.00. The number of hydrogen-bond donors (Lipinski definition) is 1. The Morgan fingerprint density at radius 3 is 2.89 bits per heavy atom. The molecule has 0 radical (unpaired) electrons. The fourth-order valence-corrected chi connectivity index (χ4v) is 2.84. The molecule has 1 N–H and O–H groups in total. The van der Waals surface area contributed by atoms with Gasteiger partial charge >= 0.3 is 0 Å². The molecule has 0 aliphatic rings. The van der Waals surface area contributed by atoms with Crippen molar-refractivity contribution in [2.45, 2.75) is 26.4 Å². The molecule has 0 bridgehead atoms. The number of nitrogens with one attached hydrogen (secondary N) is 1. The number of aryl methyl sites for hydroxylation is 1. The van der Waals surface area contributed by atoms with Crippen molar-refractivity contribution in [3.05, 3.63) is 49.3 Å². The van der Waals surface area contributed by atoms with Gasteiger partial charge in [0.15, 0.2) is 0 Å². The Balaban J connectivity index is 1.86. The minimum Gasteiger partial charge on any atom is -0.306 e. The molecule has 1 aromatic heterocycles. The molecule has 0 atom stereocenters. The second-order valence-electron chi connectivity index (χ2n) is 3.93. The van der Waals surface area contributed by atoms with E-state index in [1.165, 1.54) is 10.4 Å². The summed E-state index contributed by atoms with van der Waals surface area (Å²) >= 11 is 11.2. The molecule has 0 aliphatic heterocycles. The zero-order chi connectivity index (χ0) is 13.0. The third kappa shape index (κ3) is 3.79. The van der Waals surface area contributed by atoms with Gasteiger partial charge < -0.3 is 5.32 Å². The zero-order valence-corrected chi connectivity index (χ0v) is 13.2. The van der Waals surface area contributed by atoms with Crippen LogP contribution in [0.2, 0.25) is 5.02 Å². The minimum absolute atomic E-state index is 0.747. The summed E-state index contributed by atoms with van der Waals surface area (Å²) in [7, 11) is 0. The molecule has 0 saturated heterocycles. The van der Waals surface area contributed by atoms with Gasteiger partial charge in [0.2, 0.25) is 0 Å². The van der Waals surface area contributed by atoms with Crippen LogP contribution in [0.4, 0.5) is 0 Å². The summed E-state index contributed by atoms with van der Waals surface area (Å²) in [4.78, 5) is 5.70. The monoisotopic (exact) mass is 344 g/mol. The molecule has 0 amide bonds. The van der Waals surface area contributed by atoms with Crippen molar-refractivity contribution in [1.29, 1.82) is 0 Å². The number of thiazole rings is 1. The Morgan fingerprint density at radius 1 is 1.39 bits per heavy atom. The molecule has 1 aromatic carbocycles. The van der Waals surface area contributed by atoms with E-state index in [9.17, 15) is 0 Å². The highest BCUT2D eigenvalue weighted by Gasteiger charge is 2.01. The van der Waals surface area contributed by atoms with Crippen molar-refractivity contribution in [2.75, 3.05) is 0 Å². The maximum Gasteiger partial charge on any atom is 0.107 e. The second-order valence-corrected chi connectivity index (χ2v) is 6.39. The molecule has 2 nitrogen and oxygen atoms in total. The van der Waals surface area contributed by atoms with Gasteiger partial charge in [0.1, 0.15) is 5.01 Å². The van der Waals surface area contributed by atoms with Gasteiger partial charge in [0.05, 0.1) is 5.02 Å². The molecule has 18 heavy (non-hydrogen) atoms. The second kappa shape index (κ2) is 6.66. The molecule has 0 unspecified atom stereocenters. The maximum atomic E-state index is 6.05. The van der Waals surface area contributed by atoms with Crippen LogP contribution in [0.5, 0.6) is 0 Å². The maximum absolute atomic E-state index is 6.05. The van der Waals surface area contributed by atoms with Crippen LogP contribution >= 0.6 is 38.9 Å². The Hall–Kier alpha value is -0.420. The van der Waals surface area contributed by atoms with Crippen molar-refractivity contribution in [3.63, 3.8) is 0 Å². The molecule has 2 aromatic rings. The van der Waals surface area contributed by atoms with Gasteiger partial charge in [-0.3, -0.25) is 0 Å². The number of nitrogens with zero attached hydrogens (tertiary/aromatic N) is 1. The fraction of sp³-hybridized carbons (Fsp3) is 0.308. The van der Waals surface area contributed by atoms with Crippen LogP contribution in [-0.2, 0) is 19.5 Å². The largest absolute Gasteiger partial charge is 0.306 e. The Kier molecular flexibility index (Phi) is 5.18. The lowest BCUT2D eigenvalue weighted by atomic mass is 10.2. The summed E-state index contributed by atoms with van der Waals surface area (Å²) < 4.78 is 0.931. The van der Waals surface area contributed by atoms with Crippen LogP contribution in [0.25, 0.3) is 0 Å². The zero-order valence-electron chi connectivity index (χ0n) is 10.0. The van der Waals surface area contributed by atoms with Crippen LogP contribution in [0, 0.1) is 0 Å². The highest BCUT2D eigenvalue weighted by Crippen LogP contribution is 2.23. The standard InChI is InChI=1S/C13H14BrClN2S/c1-2-10-7-17-13(18-10)8-16-6-9-3-4-11(14)12(15)5-9/h3-5,7,16H,2,6,8H2,1H3. The first-order chi connectivity index (χ1) is 8.69. The number of aromatic nitrogens is 1. The van der Waals surface area contributed by atoms with Gasteiger partial charge in [-0.25, -0.2) is 4.98 Å². The Morgan fingerprint density at radius 2 is 2.22 bits per heavy atom. The van der Waals surface area contributed by atoms with E-state index in [1.54, 1.807) is 11.3 Å².